The van der Waals surface area contributed by atoms with Crippen molar-refractivity contribution < 1.29 is 33.8 Å². The summed E-state index contributed by atoms with van der Waals surface area (Å²) in [5.41, 5.74) is 14.6. The van der Waals surface area contributed by atoms with Gasteiger partial charge in [-0.1, -0.05) is 60.7 Å². The first-order valence-corrected chi connectivity index (χ1v) is 52.6. The fraction of sp³-hybridized carbons (Fsp3) is 0.306. The Balaban J connectivity index is 0.000000139. The Hall–Kier alpha value is -13.8. The SMILES string of the molecule is CN1CCN(c2cccc(Nc3nccc(-c4ccc(C(=O)NCCCCO)s4)n3)c2)CC1.COc1cccc(CCNC(=O)c2ccc(-c3ccnc(Nc4cccc(CN5CCN(C)CC5)c4)n3)s2)c1.COc1cccc(NC(=O)c2ccc(-c3ccnc(Nc4cccc(CN5CCN(C)CC5)c4)n3)s2)c1.Cc1nc(NC(=O)c2ccc(-c3ccnc(Nc4cccc(CN5CCN(C)CC5)c4)n3)s2)sc1C. The first kappa shape index (κ1) is 104. The molecule has 4 aliphatic heterocycles. The van der Waals surface area contributed by atoms with Crippen LogP contribution in [0.2, 0.25) is 0 Å². The van der Waals surface area contributed by atoms with Crippen LogP contribution in [-0.4, -0.2) is 275 Å². The van der Waals surface area contributed by atoms with Crippen LogP contribution in [0, 0.1) is 13.8 Å². The maximum Gasteiger partial charge on any atom is 0.267 e. The Morgan fingerprint density at radius 2 is 0.697 bits per heavy atom. The van der Waals surface area contributed by atoms with Crippen LogP contribution in [-0.2, 0) is 26.1 Å². The fourth-order valence-corrected chi connectivity index (χ4v) is 20.7. The van der Waals surface area contributed by atoms with Crippen molar-refractivity contribution in [3.8, 4) is 53.8 Å². The molecule has 32 nitrogen and oxygen atoms in total. The minimum atomic E-state index is -0.172. The molecule has 0 spiro atoms. The third-order valence-corrected chi connectivity index (χ3v) is 30.2. The van der Waals surface area contributed by atoms with Crippen molar-refractivity contribution in [3.63, 3.8) is 0 Å². The smallest absolute Gasteiger partial charge is 0.267 e. The average molecular weight is 2040 g/mol. The molecule has 13 heterocycles. The third kappa shape index (κ3) is 31.1. The van der Waals surface area contributed by atoms with Crippen molar-refractivity contribution in [1.29, 1.82) is 0 Å². The van der Waals surface area contributed by atoms with Gasteiger partial charge in [0, 0.05) is 214 Å². The molecule has 0 aliphatic carbocycles. The van der Waals surface area contributed by atoms with Gasteiger partial charge in [0.2, 0.25) is 23.8 Å². The highest BCUT2D eigenvalue weighted by Gasteiger charge is 2.24. The Bertz CT molecular complexity index is 6760. The van der Waals surface area contributed by atoms with Gasteiger partial charge in [0.25, 0.3) is 23.6 Å². The number of ether oxygens (including phenoxy) is 2. The molecular formula is C108H123N25O7S5. The number of unbranched alkanes of at least 4 members (excludes halogenated alkanes) is 1. The fourth-order valence-electron chi connectivity index (χ4n) is 16.4. The summed E-state index contributed by atoms with van der Waals surface area (Å²) in [4.78, 5) is 118. The maximum atomic E-state index is 12.8. The van der Waals surface area contributed by atoms with E-state index in [0.29, 0.717) is 79.4 Å². The van der Waals surface area contributed by atoms with Crippen LogP contribution in [0.1, 0.15) is 84.4 Å². The summed E-state index contributed by atoms with van der Waals surface area (Å²) in [6.45, 7) is 25.3. The molecule has 752 valence electrons. The van der Waals surface area contributed by atoms with E-state index in [1.165, 1.54) is 79.1 Å². The van der Waals surface area contributed by atoms with E-state index in [1.54, 1.807) is 45.1 Å². The lowest BCUT2D eigenvalue weighted by atomic mass is 10.1. The molecule has 0 unspecified atom stereocenters. The largest absolute Gasteiger partial charge is 0.497 e. The number of carbonyl (C=O) groups excluding carboxylic acids is 4. The van der Waals surface area contributed by atoms with Gasteiger partial charge < -0.3 is 76.3 Å². The zero-order valence-corrected chi connectivity index (χ0v) is 86.9. The number of aliphatic hydroxyl groups excluding tert-OH is 1. The van der Waals surface area contributed by atoms with Crippen LogP contribution >= 0.6 is 56.7 Å². The summed E-state index contributed by atoms with van der Waals surface area (Å²) >= 11 is 7.10. The maximum absolute atomic E-state index is 12.8. The van der Waals surface area contributed by atoms with Crippen LogP contribution in [0.4, 0.5) is 63.0 Å². The molecule has 0 saturated carbocycles. The number of piperazine rings is 4. The average Bonchev–Trinajstić information content (AvgIpc) is 1.73. The number of aromatic nitrogens is 9. The van der Waals surface area contributed by atoms with Crippen molar-refractivity contribution in [2.24, 2.45) is 0 Å². The number of hydrogen-bond acceptors (Lipinski definition) is 33. The van der Waals surface area contributed by atoms with E-state index in [2.05, 4.69) is 207 Å². The molecule has 0 atom stereocenters. The quantitative estimate of drug-likeness (QED) is 0.0169. The molecule has 9 N–H and O–H groups in total. The molecule has 15 aromatic rings. The second-order valence-corrected chi connectivity index (χ2v) is 41.3. The Morgan fingerprint density at radius 1 is 0.345 bits per heavy atom. The van der Waals surface area contributed by atoms with E-state index in [0.717, 1.165) is 224 Å². The lowest BCUT2D eigenvalue weighted by molar-refractivity contribution is 0.0949. The van der Waals surface area contributed by atoms with Gasteiger partial charge in [-0.05, 0) is 235 Å². The number of nitrogens with zero attached hydrogens (tertiary/aromatic N) is 17. The molecule has 0 bridgehead atoms. The van der Waals surface area contributed by atoms with Gasteiger partial charge in [-0.15, -0.1) is 56.7 Å². The molecular weight excluding hydrogens is 1920 g/mol. The van der Waals surface area contributed by atoms with Crippen LogP contribution in [0.15, 0.2) is 243 Å². The second kappa shape index (κ2) is 52.1. The predicted octanol–water partition coefficient (Wildman–Crippen LogP) is 17.9. The first-order chi connectivity index (χ1) is 70.6. The lowest BCUT2D eigenvalue weighted by Gasteiger charge is -2.34. The summed E-state index contributed by atoms with van der Waals surface area (Å²) in [6.07, 6.45) is 9.12. The Labute approximate surface area is 866 Å². The number of aryl methyl sites for hydroxylation is 2. The molecule has 19 rings (SSSR count). The van der Waals surface area contributed by atoms with Crippen molar-refractivity contribution >= 4 is 143 Å². The van der Waals surface area contributed by atoms with Crippen molar-refractivity contribution in [1.82, 2.24) is 89.8 Å². The van der Waals surface area contributed by atoms with Crippen molar-refractivity contribution in [2.75, 3.05) is 204 Å². The predicted molar refractivity (Wildman–Crippen MR) is 586 cm³/mol. The number of likely N-dealkylation sites (N-methyl/N-ethyl adjacent to an activating group) is 4. The first-order valence-electron chi connectivity index (χ1n) is 48.5. The summed E-state index contributed by atoms with van der Waals surface area (Å²) < 4.78 is 10.5. The number of carbonyl (C=O) groups is 4. The van der Waals surface area contributed by atoms with Gasteiger partial charge in [-0.2, -0.15) is 0 Å². The van der Waals surface area contributed by atoms with Gasteiger partial charge in [-0.3, -0.25) is 39.2 Å². The number of hydrogen-bond donors (Lipinski definition) is 9. The Kier molecular flexibility index (Phi) is 37.4. The summed E-state index contributed by atoms with van der Waals surface area (Å²) in [5, 5.41) is 34.5. The highest BCUT2D eigenvalue weighted by atomic mass is 32.1. The number of amides is 4. The number of thiazole rings is 1. The lowest BCUT2D eigenvalue weighted by Crippen LogP contribution is -2.44. The van der Waals surface area contributed by atoms with Gasteiger partial charge in [0.05, 0.1) is 81.7 Å². The summed E-state index contributed by atoms with van der Waals surface area (Å²) in [5.74, 6) is 3.08. The van der Waals surface area contributed by atoms with Crippen LogP contribution in [0.3, 0.4) is 0 Å². The molecule has 37 heteroatoms. The number of methoxy groups -OCH3 is 2. The molecule has 6 aromatic carbocycles. The van der Waals surface area contributed by atoms with Gasteiger partial charge in [-0.25, -0.2) is 44.9 Å². The van der Waals surface area contributed by atoms with Gasteiger partial charge >= 0.3 is 0 Å². The standard InChI is InChI=1S/C30H34N6O2S.C28H30N6O2S.C26H29N7OS2.C24H30N6O2S/c1-35-15-17-36(18-16-35)21-23-6-3-7-24(19-23)33-30-32-14-12-26(34-30)27-9-10-28(39-27)29(37)31-13-11-22-5-4-8-25(20-22)38-2;1-33-13-15-34(16-14-33)19-20-5-3-6-21(17-20)31-28-29-12-11-24(32-28)25-9-10-26(37-25)27(35)30-22-7-4-8-23(18-22)36-2;1-17-18(2)35-26(28-17)31-24(34)23-8-7-22(36-23)21-9-10-27-25(30-21)29-20-6-4-5-19(15-20)16-33-13-11-32(3)12-14-33;1-29-12-14-30(15-13-29)19-6-4-5-18(17-19)27-24-26-11-9-20(28-24)21-7-8-22(33-21)23(32)25-10-2-3-16-31/h3-10,12,14,19-20H,11,13,15-18,21H2,1-2H3,(H,31,37)(H,32,33,34);3-12,17-18H,13-16,19H2,1-2H3,(H,30,35)(H,29,31,32);4-10,15H,11-14,16H2,1-3H3,(H,27,29,30)(H,28,31,34);4-9,11,17,31H,2-3,10,12-16H2,1H3,(H,25,32)(H,26,27,28). The van der Waals surface area contributed by atoms with Crippen LogP contribution < -0.4 is 56.9 Å². The Morgan fingerprint density at radius 3 is 1.10 bits per heavy atom. The van der Waals surface area contributed by atoms with E-state index in [9.17, 15) is 19.2 Å². The van der Waals surface area contributed by atoms with Crippen molar-refractivity contribution in [3.05, 3.63) is 296 Å². The highest BCUT2D eigenvalue weighted by molar-refractivity contribution is 7.19. The number of rotatable bonds is 34. The third-order valence-electron chi connectivity index (χ3n) is 24.8. The molecule has 4 amide bonds. The minimum absolute atomic E-state index is 0.0845. The summed E-state index contributed by atoms with van der Waals surface area (Å²) in [6, 6.07) is 71.1. The molecule has 145 heavy (non-hydrogen) atoms. The normalized spacial score (nSPS) is 14.4. The number of benzene rings is 6. The van der Waals surface area contributed by atoms with Gasteiger partial charge in [0.1, 0.15) is 11.5 Å². The van der Waals surface area contributed by atoms with Crippen LogP contribution in [0.25, 0.3) is 42.3 Å². The number of thiophene rings is 4. The molecule has 4 fully saturated rings. The molecule has 4 saturated heterocycles. The van der Waals surface area contributed by atoms with E-state index in [4.69, 9.17) is 29.5 Å². The van der Waals surface area contributed by atoms with Crippen molar-refractivity contribution in [2.45, 2.75) is 52.7 Å². The number of anilines is 11. The highest BCUT2D eigenvalue weighted by Crippen LogP contribution is 2.36. The summed E-state index contributed by atoms with van der Waals surface area (Å²) in [7, 11) is 11.9. The zero-order valence-electron chi connectivity index (χ0n) is 82.8. The van der Waals surface area contributed by atoms with E-state index in [1.807, 2.05) is 159 Å². The zero-order chi connectivity index (χ0) is 101. The number of aliphatic hydroxyl groups is 1. The van der Waals surface area contributed by atoms with E-state index in [-0.39, 0.29) is 30.2 Å². The molecule has 9 aromatic heterocycles. The van der Waals surface area contributed by atoms with E-state index >= 15 is 0 Å². The number of nitrogens with one attached hydrogen (secondary N) is 8. The van der Waals surface area contributed by atoms with Gasteiger partial charge in [0.15, 0.2) is 5.13 Å². The minimum Gasteiger partial charge on any atom is -0.497 e. The molecule has 4 aliphatic rings. The van der Waals surface area contributed by atoms with E-state index < -0.39 is 0 Å². The molecule has 0 radical (unpaired) electrons. The topological polar surface area (TPSA) is 345 Å². The second-order valence-electron chi connectivity index (χ2n) is 35.7. The van der Waals surface area contributed by atoms with Crippen LogP contribution in [0.5, 0.6) is 11.5 Å². The monoisotopic (exact) mass is 2040 g/mol.